The number of aryl methyl sites for hydroxylation is 1. The summed E-state index contributed by atoms with van der Waals surface area (Å²) in [5, 5.41) is 5.16. The topological polar surface area (TPSA) is 58.2 Å². The monoisotopic (exact) mass is 234 g/mol. The maximum atomic E-state index is 11.5. The minimum Gasteiger partial charge on any atom is -0.345 e. The fraction of sp³-hybridized carbons (Fsp3) is 0.385. The second kappa shape index (κ2) is 6.03. The lowest BCUT2D eigenvalue weighted by Crippen LogP contribution is -2.40. The Morgan fingerprint density at radius 1 is 1.18 bits per heavy atom. The van der Waals surface area contributed by atoms with Crippen molar-refractivity contribution in [1.29, 1.82) is 0 Å². The molecule has 1 aromatic rings. The molecule has 1 rings (SSSR count). The number of carbonyl (C=O) groups excluding carboxylic acids is 2. The third kappa shape index (κ3) is 4.26. The zero-order valence-electron chi connectivity index (χ0n) is 10.4. The van der Waals surface area contributed by atoms with Gasteiger partial charge < -0.3 is 10.6 Å². The molecule has 1 aromatic carbocycles. The standard InChI is InChI=1S/C13H18N2O2/c1-4-10(3)14-12(16)13(17)15-11-7-5-9(2)6-8-11/h5-8,10H,4H2,1-3H3,(H,14,16)(H,15,17). The second-order valence-electron chi connectivity index (χ2n) is 4.10. The van der Waals surface area contributed by atoms with Crippen LogP contribution in [-0.2, 0) is 9.59 Å². The van der Waals surface area contributed by atoms with Gasteiger partial charge in [-0.2, -0.15) is 0 Å². The molecule has 0 aliphatic rings. The van der Waals surface area contributed by atoms with Crippen LogP contribution in [0.25, 0.3) is 0 Å². The molecular formula is C13H18N2O2. The molecule has 4 nitrogen and oxygen atoms in total. The predicted octanol–water partition coefficient (Wildman–Crippen LogP) is 1.85. The molecule has 0 saturated carbocycles. The third-order valence-corrected chi connectivity index (χ3v) is 2.51. The van der Waals surface area contributed by atoms with Crippen LogP contribution in [-0.4, -0.2) is 17.9 Å². The molecule has 0 aliphatic carbocycles. The van der Waals surface area contributed by atoms with Crippen molar-refractivity contribution in [3.05, 3.63) is 29.8 Å². The Bertz CT molecular complexity index is 398. The lowest BCUT2D eigenvalue weighted by atomic mass is 10.2. The molecule has 0 heterocycles. The van der Waals surface area contributed by atoms with Crippen molar-refractivity contribution in [2.45, 2.75) is 33.2 Å². The van der Waals surface area contributed by atoms with Crippen LogP contribution in [0.4, 0.5) is 5.69 Å². The molecule has 92 valence electrons. The van der Waals surface area contributed by atoms with Crippen molar-refractivity contribution >= 4 is 17.5 Å². The fourth-order valence-corrected chi connectivity index (χ4v) is 1.22. The maximum absolute atomic E-state index is 11.5. The quantitative estimate of drug-likeness (QED) is 0.784. The number of amides is 2. The molecule has 0 spiro atoms. The molecule has 0 bridgehead atoms. The Hall–Kier alpha value is -1.84. The number of hydrogen-bond acceptors (Lipinski definition) is 2. The second-order valence-corrected chi connectivity index (χ2v) is 4.10. The number of hydrogen-bond donors (Lipinski definition) is 2. The van der Waals surface area contributed by atoms with Gasteiger partial charge in [0.15, 0.2) is 0 Å². The van der Waals surface area contributed by atoms with Crippen LogP contribution in [0.5, 0.6) is 0 Å². The molecule has 0 radical (unpaired) electrons. The number of carbonyl (C=O) groups is 2. The molecule has 17 heavy (non-hydrogen) atoms. The van der Waals surface area contributed by atoms with Gasteiger partial charge in [-0.1, -0.05) is 24.6 Å². The SMILES string of the molecule is CCC(C)NC(=O)C(=O)Nc1ccc(C)cc1. The van der Waals surface area contributed by atoms with Gasteiger partial charge in [-0.05, 0) is 32.4 Å². The Morgan fingerprint density at radius 3 is 2.29 bits per heavy atom. The van der Waals surface area contributed by atoms with Gasteiger partial charge in [0.05, 0.1) is 0 Å². The first-order chi connectivity index (χ1) is 8.02. The van der Waals surface area contributed by atoms with Crippen LogP contribution in [0.2, 0.25) is 0 Å². The molecule has 0 aromatic heterocycles. The molecule has 2 N–H and O–H groups in total. The average Bonchev–Trinajstić information content (AvgIpc) is 2.31. The van der Waals surface area contributed by atoms with Gasteiger partial charge >= 0.3 is 11.8 Å². The van der Waals surface area contributed by atoms with Crippen molar-refractivity contribution < 1.29 is 9.59 Å². The number of rotatable bonds is 3. The molecule has 0 fully saturated rings. The van der Waals surface area contributed by atoms with E-state index >= 15 is 0 Å². The molecule has 0 saturated heterocycles. The van der Waals surface area contributed by atoms with Crippen LogP contribution in [0.15, 0.2) is 24.3 Å². The highest BCUT2D eigenvalue weighted by atomic mass is 16.2. The minimum atomic E-state index is -0.630. The summed E-state index contributed by atoms with van der Waals surface area (Å²) in [6, 6.07) is 7.30. The van der Waals surface area contributed by atoms with Gasteiger partial charge in [-0.3, -0.25) is 9.59 Å². The van der Waals surface area contributed by atoms with Crippen molar-refractivity contribution in [3.63, 3.8) is 0 Å². The van der Waals surface area contributed by atoms with Crippen LogP contribution in [0, 0.1) is 6.92 Å². The lowest BCUT2D eigenvalue weighted by Gasteiger charge is -2.11. The van der Waals surface area contributed by atoms with Gasteiger partial charge in [-0.25, -0.2) is 0 Å². The largest absolute Gasteiger partial charge is 0.345 e. The van der Waals surface area contributed by atoms with E-state index in [9.17, 15) is 9.59 Å². The van der Waals surface area contributed by atoms with Crippen molar-refractivity contribution in [2.24, 2.45) is 0 Å². The summed E-state index contributed by atoms with van der Waals surface area (Å²) in [5.41, 5.74) is 1.73. The molecule has 1 atom stereocenters. The van der Waals surface area contributed by atoms with E-state index in [1.165, 1.54) is 0 Å². The van der Waals surface area contributed by atoms with Crippen LogP contribution in [0.1, 0.15) is 25.8 Å². The summed E-state index contributed by atoms with van der Waals surface area (Å²) >= 11 is 0. The van der Waals surface area contributed by atoms with Gasteiger partial charge in [-0.15, -0.1) is 0 Å². The van der Waals surface area contributed by atoms with Crippen molar-refractivity contribution in [2.75, 3.05) is 5.32 Å². The van der Waals surface area contributed by atoms with Crippen LogP contribution in [0.3, 0.4) is 0 Å². The van der Waals surface area contributed by atoms with Gasteiger partial charge in [0.25, 0.3) is 0 Å². The number of nitrogens with one attached hydrogen (secondary N) is 2. The van der Waals surface area contributed by atoms with E-state index < -0.39 is 11.8 Å². The number of benzene rings is 1. The van der Waals surface area contributed by atoms with E-state index in [4.69, 9.17) is 0 Å². The Kier molecular flexibility index (Phi) is 4.69. The summed E-state index contributed by atoms with van der Waals surface area (Å²) in [7, 11) is 0. The van der Waals surface area contributed by atoms with E-state index in [2.05, 4.69) is 10.6 Å². The molecule has 0 aliphatic heterocycles. The maximum Gasteiger partial charge on any atom is 0.313 e. The highest BCUT2D eigenvalue weighted by molar-refractivity contribution is 6.39. The molecule has 1 unspecified atom stereocenters. The van der Waals surface area contributed by atoms with Gasteiger partial charge in [0.1, 0.15) is 0 Å². The summed E-state index contributed by atoms with van der Waals surface area (Å²) in [6.45, 7) is 5.76. The minimum absolute atomic E-state index is 0.00580. The first-order valence-electron chi connectivity index (χ1n) is 5.71. The normalized spacial score (nSPS) is 11.7. The highest BCUT2D eigenvalue weighted by Gasteiger charge is 2.15. The van der Waals surface area contributed by atoms with E-state index in [1.807, 2.05) is 32.9 Å². The summed E-state index contributed by atoms with van der Waals surface area (Å²) in [6.07, 6.45) is 0.795. The highest BCUT2D eigenvalue weighted by Crippen LogP contribution is 2.08. The average molecular weight is 234 g/mol. The third-order valence-electron chi connectivity index (χ3n) is 2.51. The zero-order valence-corrected chi connectivity index (χ0v) is 10.4. The van der Waals surface area contributed by atoms with E-state index in [-0.39, 0.29) is 6.04 Å². The van der Waals surface area contributed by atoms with Crippen molar-refractivity contribution in [3.8, 4) is 0 Å². The molecule has 2 amide bonds. The Balaban J connectivity index is 2.54. The predicted molar refractivity (Wildman–Crippen MR) is 67.7 cm³/mol. The number of anilines is 1. The van der Waals surface area contributed by atoms with Crippen LogP contribution >= 0.6 is 0 Å². The van der Waals surface area contributed by atoms with Crippen molar-refractivity contribution in [1.82, 2.24) is 5.32 Å². The van der Waals surface area contributed by atoms with E-state index in [1.54, 1.807) is 12.1 Å². The smallest absolute Gasteiger partial charge is 0.313 e. The van der Waals surface area contributed by atoms with E-state index in [0.29, 0.717) is 5.69 Å². The first kappa shape index (κ1) is 13.2. The fourth-order valence-electron chi connectivity index (χ4n) is 1.22. The summed E-state index contributed by atoms with van der Waals surface area (Å²) in [5.74, 6) is -1.23. The van der Waals surface area contributed by atoms with E-state index in [0.717, 1.165) is 12.0 Å². The Morgan fingerprint density at radius 2 is 1.76 bits per heavy atom. The first-order valence-corrected chi connectivity index (χ1v) is 5.71. The van der Waals surface area contributed by atoms with Crippen LogP contribution < -0.4 is 10.6 Å². The Labute approximate surface area is 101 Å². The van der Waals surface area contributed by atoms with Gasteiger partial charge in [0, 0.05) is 11.7 Å². The molecule has 4 heteroatoms. The van der Waals surface area contributed by atoms with Gasteiger partial charge in [0.2, 0.25) is 0 Å². The lowest BCUT2D eigenvalue weighted by molar-refractivity contribution is -0.136. The molecular weight excluding hydrogens is 216 g/mol. The summed E-state index contributed by atoms with van der Waals surface area (Å²) < 4.78 is 0. The zero-order chi connectivity index (χ0) is 12.8. The summed E-state index contributed by atoms with van der Waals surface area (Å²) in [4.78, 5) is 23.0.